The number of carbonyl (C=O) groups is 3. The summed E-state index contributed by atoms with van der Waals surface area (Å²) >= 11 is 0. The SMILES string of the molecule is CCOC(=O)C1C(=O)C=C(c2ccccc2C(=O)O)CC1(C)C. The largest absolute Gasteiger partial charge is 0.478 e. The molecule has 1 N–H and O–H groups in total. The molecule has 0 aromatic heterocycles. The Labute approximate surface area is 135 Å². The number of ketones is 1. The lowest BCUT2D eigenvalue weighted by molar-refractivity contribution is -0.155. The van der Waals surface area contributed by atoms with E-state index in [-0.39, 0.29) is 18.0 Å². The summed E-state index contributed by atoms with van der Waals surface area (Å²) in [5, 5.41) is 9.32. The minimum Gasteiger partial charge on any atom is -0.478 e. The van der Waals surface area contributed by atoms with E-state index in [9.17, 15) is 19.5 Å². The standard InChI is InChI=1S/C18H20O5/c1-4-23-17(22)15-14(19)9-11(10-18(15,2)3)12-7-5-6-8-13(12)16(20)21/h5-9,15H,4,10H2,1-3H3,(H,20,21). The second-order valence-electron chi connectivity index (χ2n) is 6.27. The molecule has 0 bridgehead atoms. The second kappa shape index (κ2) is 6.36. The van der Waals surface area contributed by atoms with Crippen LogP contribution in [-0.2, 0) is 14.3 Å². The van der Waals surface area contributed by atoms with E-state index in [0.717, 1.165) is 0 Å². The number of hydrogen-bond acceptors (Lipinski definition) is 4. The van der Waals surface area contributed by atoms with Gasteiger partial charge in [0.1, 0.15) is 5.92 Å². The average molecular weight is 316 g/mol. The van der Waals surface area contributed by atoms with Gasteiger partial charge < -0.3 is 9.84 Å². The van der Waals surface area contributed by atoms with E-state index >= 15 is 0 Å². The summed E-state index contributed by atoms with van der Waals surface area (Å²) in [7, 11) is 0. The molecule has 0 radical (unpaired) electrons. The summed E-state index contributed by atoms with van der Waals surface area (Å²) in [4.78, 5) is 35.9. The van der Waals surface area contributed by atoms with Crippen molar-refractivity contribution >= 4 is 23.3 Å². The zero-order valence-corrected chi connectivity index (χ0v) is 13.5. The summed E-state index contributed by atoms with van der Waals surface area (Å²) in [6.45, 7) is 5.56. The van der Waals surface area contributed by atoms with Crippen molar-refractivity contribution in [2.45, 2.75) is 27.2 Å². The van der Waals surface area contributed by atoms with Crippen LogP contribution >= 0.6 is 0 Å². The molecule has 5 nitrogen and oxygen atoms in total. The fraction of sp³-hybridized carbons (Fsp3) is 0.389. The molecule has 0 saturated heterocycles. The van der Waals surface area contributed by atoms with E-state index < -0.39 is 23.3 Å². The van der Waals surface area contributed by atoms with Gasteiger partial charge in [-0.1, -0.05) is 32.0 Å². The molecule has 1 aromatic rings. The first-order chi connectivity index (χ1) is 10.8. The Kier molecular flexibility index (Phi) is 4.68. The first-order valence-corrected chi connectivity index (χ1v) is 7.51. The van der Waals surface area contributed by atoms with Gasteiger partial charge in [0.05, 0.1) is 12.2 Å². The lowest BCUT2D eigenvalue weighted by Crippen LogP contribution is -2.40. The molecular weight excluding hydrogens is 296 g/mol. The lowest BCUT2D eigenvalue weighted by atomic mass is 9.67. The normalized spacial score (nSPS) is 19.9. The third kappa shape index (κ3) is 3.33. The van der Waals surface area contributed by atoms with Gasteiger partial charge in [0.15, 0.2) is 5.78 Å². The van der Waals surface area contributed by atoms with Crippen LogP contribution in [0.5, 0.6) is 0 Å². The monoisotopic (exact) mass is 316 g/mol. The highest BCUT2D eigenvalue weighted by molar-refractivity contribution is 6.11. The number of esters is 1. The molecule has 1 aliphatic rings. The zero-order valence-electron chi connectivity index (χ0n) is 13.5. The molecule has 1 unspecified atom stereocenters. The van der Waals surface area contributed by atoms with Gasteiger partial charge in [-0.05, 0) is 42.0 Å². The Morgan fingerprint density at radius 2 is 1.96 bits per heavy atom. The van der Waals surface area contributed by atoms with Crippen molar-refractivity contribution in [2.24, 2.45) is 11.3 Å². The van der Waals surface area contributed by atoms with Gasteiger partial charge in [-0.25, -0.2) is 4.79 Å². The minimum absolute atomic E-state index is 0.150. The van der Waals surface area contributed by atoms with Crippen LogP contribution < -0.4 is 0 Å². The summed E-state index contributed by atoms with van der Waals surface area (Å²) in [6.07, 6.45) is 1.81. The first-order valence-electron chi connectivity index (χ1n) is 7.51. The fourth-order valence-corrected chi connectivity index (χ4v) is 3.07. The highest BCUT2D eigenvalue weighted by atomic mass is 16.5. The third-order valence-corrected chi connectivity index (χ3v) is 4.05. The number of allylic oxidation sites excluding steroid dienone is 2. The molecular formula is C18H20O5. The van der Waals surface area contributed by atoms with E-state index in [4.69, 9.17) is 4.74 Å². The van der Waals surface area contributed by atoms with E-state index in [1.165, 1.54) is 12.1 Å². The van der Waals surface area contributed by atoms with Crippen molar-refractivity contribution in [3.63, 3.8) is 0 Å². The van der Waals surface area contributed by atoms with Gasteiger partial charge in [-0.3, -0.25) is 9.59 Å². The van der Waals surface area contributed by atoms with Crippen LogP contribution in [0.4, 0.5) is 0 Å². The van der Waals surface area contributed by atoms with Gasteiger partial charge in [0.25, 0.3) is 0 Å². The molecule has 5 heteroatoms. The van der Waals surface area contributed by atoms with E-state index in [1.54, 1.807) is 25.1 Å². The molecule has 0 heterocycles. The number of ether oxygens (including phenoxy) is 1. The van der Waals surface area contributed by atoms with E-state index in [0.29, 0.717) is 17.6 Å². The quantitative estimate of drug-likeness (QED) is 0.682. The van der Waals surface area contributed by atoms with E-state index in [2.05, 4.69) is 0 Å². The average Bonchev–Trinajstić information content (AvgIpc) is 2.45. The Morgan fingerprint density at radius 3 is 2.52 bits per heavy atom. The fourth-order valence-electron chi connectivity index (χ4n) is 3.07. The maximum atomic E-state index is 12.5. The summed E-state index contributed by atoms with van der Waals surface area (Å²) < 4.78 is 5.01. The Morgan fingerprint density at radius 1 is 1.30 bits per heavy atom. The Hall–Kier alpha value is -2.43. The summed E-state index contributed by atoms with van der Waals surface area (Å²) in [6, 6.07) is 6.57. The Balaban J connectivity index is 2.45. The molecule has 1 aromatic carbocycles. The zero-order chi connectivity index (χ0) is 17.2. The molecule has 1 atom stereocenters. The third-order valence-electron chi connectivity index (χ3n) is 4.05. The van der Waals surface area contributed by atoms with Crippen molar-refractivity contribution in [2.75, 3.05) is 6.61 Å². The highest BCUT2D eigenvalue weighted by Gasteiger charge is 2.44. The number of aromatic carboxylic acids is 1. The molecule has 122 valence electrons. The molecule has 0 saturated carbocycles. The lowest BCUT2D eigenvalue weighted by Gasteiger charge is -2.35. The Bertz CT molecular complexity index is 684. The van der Waals surface area contributed by atoms with Crippen LogP contribution in [0.15, 0.2) is 30.3 Å². The topological polar surface area (TPSA) is 80.7 Å². The maximum absolute atomic E-state index is 12.5. The van der Waals surface area contributed by atoms with Crippen molar-refractivity contribution < 1.29 is 24.2 Å². The van der Waals surface area contributed by atoms with Gasteiger partial charge in [-0.2, -0.15) is 0 Å². The molecule has 0 fully saturated rings. The predicted molar refractivity (Wildman–Crippen MR) is 84.9 cm³/mol. The minimum atomic E-state index is -1.04. The van der Waals surface area contributed by atoms with Crippen LogP contribution in [0.1, 0.15) is 43.1 Å². The number of rotatable bonds is 4. The summed E-state index contributed by atoms with van der Waals surface area (Å²) in [5.41, 5.74) is 0.665. The van der Waals surface area contributed by atoms with Crippen LogP contribution in [-0.4, -0.2) is 29.4 Å². The maximum Gasteiger partial charge on any atom is 0.336 e. The van der Waals surface area contributed by atoms with Gasteiger partial charge in [0.2, 0.25) is 0 Å². The van der Waals surface area contributed by atoms with Crippen molar-refractivity contribution in [1.82, 2.24) is 0 Å². The number of hydrogen-bond donors (Lipinski definition) is 1. The predicted octanol–water partition coefficient (Wildman–Crippen LogP) is 2.95. The van der Waals surface area contributed by atoms with Gasteiger partial charge in [-0.15, -0.1) is 0 Å². The number of carboxylic acid groups (broad SMARTS) is 1. The van der Waals surface area contributed by atoms with Crippen LogP contribution in [0.3, 0.4) is 0 Å². The van der Waals surface area contributed by atoms with Crippen LogP contribution in [0.2, 0.25) is 0 Å². The number of carbonyl (C=O) groups excluding carboxylic acids is 2. The smallest absolute Gasteiger partial charge is 0.336 e. The van der Waals surface area contributed by atoms with Crippen molar-refractivity contribution in [3.8, 4) is 0 Å². The van der Waals surface area contributed by atoms with Crippen molar-refractivity contribution in [1.29, 1.82) is 0 Å². The van der Waals surface area contributed by atoms with Crippen LogP contribution in [0, 0.1) is 11.3 Å². The second-order valence-corrected chi connectivity index (χ2v) is 6.27. The number of benzene rings is 1. The molecule has 1 aliphatic carbocycles. The summed E-state index contributed by atoms with van der Waals surface area (Å²) in [5.74, 6) is -2.76. The molecule has 2 rings (SSSR count). The van der Waals surface area contributed by atoms with E-state index in [1.807, 2.05) is 13.8 Å². The highest BCUT2D eigenvalue weighted by Crippen LogP contribution is 2.43. The van der Waals surface area contributed by atoms with Crippen molar-refractivity contribution in [3.05, 3.63) is 41.5 Å². The first kappa shape index (κ1) is 16.9. The molecule has 23 heavy (non-hydrogen) atoms. The molecule has 0 amide bonds. The van der Waals surface area contributed by atoms with Crippen LogP contribution in [0.25, 0.3) is 5.57 Å². The van der Waals surface area contributed by atoms with Gasteiger partial charge >= 0.3 is 11.9 Å². The molecule has 0 spiro atoms. The number of carboxylic acids is 1. The van der Waals surface area contributed by atoms with Gasteiger partial charge in [0, 0.05) is 0 Å². The molecule has 0 aliphatic heterocycles.